The molecule has 0 aliphatic rings. The number of thioether (sulfide) groups is 1. The van der Waals surface area contributed by atoms with Gasteiger partial charge in [0.15, 0.2) is 5.78 Å². The normalized spacial score (nSPS) is 12.3. The Morgan fingerprint density at radius 1 is 1.22 bits per heavy atom. The summed E-state index contributed by atoms with van der Waals surface area (Å²) in [7, 11) is 0. The molecule has 2 heterocycles. The van der Waals surface area contributed by atoms with Crippen molar-refractivity contribution in [3.8, 4) is 11.5 Å². The van der Waals surface area contributed by atoms with Gasteiger partial charge in [0, 0.05) is 5.56 Å². The Labute approximate surface area is 135 Å². The van der Waals surface area contributed by atoms with Crippen molar-refractivity contribution in [2.45, 2.75) is 24.3 Å². The average molecular weight is 332 g/mol. The van der Waals surface area contributed by atoms with E-state index < -0.39 is 5.25 Å². The van der Waals surface area contributed by atoms with E-state index in [2.05, 4.69) is 10.2 Å². The van der Waals surface area contributed by atoms with Crippen molar-refractivity contribution in [3.05, 3.63) is 53.7 Å². The van der Waals surface area contributed by atoms with Crippen LogP contribution in [0.3, 0.4) is 0 Å². The van der Waals surface area contributed by atoms with Crippen molar-refractivity contribution >= 4 is 17.5 Å². The standard InChI is InChI=1S/C16H13FN2O3S/c1-9-13(7-8-21-9)15-18-19-16(22-15)23-10(2)14(20)11-3-5-12(17)6-4-11/h3-8,10H,1-2H3/t10-/m0/s1. The van der Waals surface area contributed by atoms with Gasteiger partial charge in [-0.15, -0.1) is 10.2 Å². The molecule has 0 saturated carbocycles. The van der Waals surface area contributed by atoms with Crippen LogP contribution in [0.1, 0.15) is 23.0 Å². The number of Topliss-reactive ketones (excluding diaryl/α,β-unsaturated/α-hetero) is 1. The SMILES string of the molecule is Cc1occc1-c1nnc(S[C@@H](C)C(=O)c2ccc(F)cc2)o1. The van der Waals surface area contributed by atoms with E-state index in [-0.39, 0.29) is 11.6 Å². The maximum atomic E-state index is 12.9. The quantitative estimate of drug-likeness (QED) is 0.516. The lowest BCUT2D eigenvalue weighted by Crippen LogP contribution is -2.13. The van der Waals surface area contributed by atoms with Crippen molar-refractivity contribution in [1.82, 2.24) is 10.2 Å². The largest absolute Gasteiger partial charge is 0.469 e. The number of aromatic nitrogens is 2. The van der Waals surface area contributed by atoms with E-state index in [1.807, 2.05) is 0 Å². The van der Waals surface area contributed by atoms with E-state index in [1.54, 1.807) is 26.2 Å². The number of halogens is 1. The Morgan fingerprint density at radius 3 is 2.61 bits per heavy atom. The Kier molecular flexibility index (Phi) is 4.29. The number of rotatable bonds is 5. The first-order valence-corrected chi connectivity index (χ1v) is 7.77. The summed E-state index contributed by atoms with van der Waals surface area (Å²) >= 11 is 1.16. The van der Waals surface area contributed by atoms with Gasteiger partial charge < -0.3 is 8.83 Å². The monoisotopic (exact) mass is 332 g/mol. The first-order valence-electron chi connectivity index (χ1n) is 6.89. The molecule has 23 heavy (non-hydrogen) atoms. The molecule has 3 rings (SSSR count). The molecule has 0 unspecified atom stereocenters. The van der Waals surface area contributed by atoms with Gasteiger partial charge in [0.2, 0.25) is 0 Å². The van der Waals surface area contributed by atoms with Crippen molar-refractivity contribution < 1.29 is 18.0 Å². The van der Waals surface area contributed by atoms with Gasteiger partial charge >= 0.3 is 0 Å². The fourth-order valence-electron chi connectivity index (χ4n) is 2.03. The van der Waals surface area contributed by atoms with Crippen LogP contribution in [-0.4, -0.2) is 21.2 Å². The Bertz CT molecular complexity index is 826. The number of ketones is 1. The minimum atomic E-state index is -0.431. The zero-order valence-corrected chi connectivity index (χ0v) is 13.3. The van der Waals surface area contributed by atoms with Crippen LogP contribution in [0.15, 0.2) is 50.7 Å². The van der Waals surface area contributed by atoms with Crippen LogP contribution in [0.5, 0.6) is 0 Å². The van der Waals surface area contributed by atoms with Crippen LogP contribution >= 0.6 is 11.8 Å². The van der Waals surface area contributed by atoms with Crippen LogP contribution in [-0.2, 0) is 0 Å². The first kappa shape index (κ1) is 15.5. The molecule has 2 aromatic heterocycles. The molecule has 0 N–H and O–H groups in total. The van der Waals surface area contributed by atoms with Crippen molar-refractivity contribution in [3.63, 3.8) is 0 Å². The van der Waals surface area contributed by atoms with E-state index in [0.29, 0.717) is 22.4 Å². The predicted octanol–water partition coefficient (Wildman–Crippen LogP) is 4.14. The van der Waals surface area contributed by atoms with Gasteiger partial charge in [-0.3, -0.25) is 4.79 Å². The summed E-state index contributed by atoms with van der Waals surface area (Å²) in [5, 5.41) is 7.76. The number of benzene rings is 1. The lowest BCUT2D eigenvalue weighted by molar-refractivity contribution is 0.0993. The van der Waals surface area contributed by atoms with E-state index in [0.717, 1.165) is 17.3 Å². The molecule has 0 spiro atoms. The summed E-state index contributed by atoms with van der Waals surface area (Å²) in [6.07, 6.45) is 1.54. The van der Waals surface area contributed by atoms with Gasteiger partial charge in [-0.25, -0.2) is 4.39 Å². The van der Waals surface area contributed by atoms with E-state index in [1.165, 1.54) is 24.3 Å². The molecule has 0 aliphatic carbocycles. The van der Waals surface area contributed by atoms with Gasteiger partial charge in [-0.05, 0) is 44.2 Å². The van der Waals surface area contributed by atoms with Crippen LogP contribution in [0, 0.1) is 12.7 Å². The molecule has 0 amide bonds. The minimum Gasteiger partial charge on any atom is -0.469 e. The molecule has 118 valence electrons. The Hall–Kier alpha value is -2.41. The maximum absolute atomic E-state index is 12.9. The number of carbonyl (C=O) groups is 1. The van der Waals surface area contributed by atoms with Gasteiger partial charge in [-0.2, -0.15) is 0 Å². The summed E-state index contributed by atoms with van der Waals surface area (Å²) < 4.78 is 23.7. The number of aryl methyl sites for hydroxylation is 1. The molecule has 0 aliphatic heterocycles. The van der Waals surface area contributed by atoms with Crippen molar-refractivity contribution in [2.75, 3.05) is 0 Å². The molecule has 0 bridgehead atoms. The third-order valence-corrected chi connectivity index (χ3v) is 4.21. The fraction of sp³-hybridized carbons (Fsp3) is 0.188. The van der Waals surface area contributed by atoms with E-state index >= 15 is 0 Å². The zero-order valence-electron chi connectivity index (χ0n) is 12.4. The number of hydrogen-bond acceptors (Lipinski definition) is 6. The molecule has 5 nitrogen and oxygen atoms in total. The fourth-order valence-corrected chi connectivity index (χ4v) is 2.79. The third-order valence-electron chi connectivity index (χ3n) is 3.27. The van der Waals surface area contributed by atoms with E-state index in [9.17, 15) is 9.18 Å². The highest BCUT2D eigenvalue weighted by molar-refractivity contribution is 8.00. The van der Waals surface area contributed by atoms with Gasteiger partial charge in [0.05, 0.1) is 17.1 Å². The highest BCUT2D eigenvalue weighted by Crippen LogP contribution is 2.29. The maximum Gasteiger partial charge on any atom is 0.277 e. The molecular weight excluding hydrogens is 319 g/mol. The minimum absolute atomic E-state index is 0.130. The van der Waals surface area contributed by atoms with Gasteiger partial charge in [0.1, 0.15) is 11.6 Å². The highest BCUT2D eigenvalue weighted by atomic mass is 32.2. The summed E-state index contributed by atoms with van der Waals surface area (Å²) in [4.78, 5) is 12.3. The van der Waals surface area contributed by atoms with Gasteiger partial charge in [-0.1, -0.05) is 11.8 Å². The van der Waals surface area contributed by atoms with Crippen molar-refractivity contribution in [2.24, 2.45) is 0 Å². The molecule has 0 radical (unpaired) electrons. The molecule has 7 heteroatoms. The lowest BCUT2D eigenvalue weighted by atomic mass is 10.1. The molecule has 1 aromatic carbocycles. The van der Waals surface area contributed by atoms with Crippen LogP contribution < -0.4 is 0 Å². The summed E-state index contributed by atoms with van der Waals surface area (Å²) in [6.45, 7) is 3.54. The topological polar surface area (TPSA) is 69.1 Å². The number of hydrogen-bond donors (Lipinski definition) is 0. The Balaban J connectivity index is 1.72. The molecule has 0 fully saturated rings. The molecular formula is C16H13FN2O3S. The van der Waals surface area contributed by atoms with E-state index in [4.69, 9.17) is 8.83 Å². The second-order valence-electron chi connectivity index (χ2n) is 4.89. The van der Waals surface area contributed by atoms with Crippen LogP contribution in [0.2, 0.25) is 0 Å². The highest BCUT2D eigenvalue weighted by Gasteiger charge is 2.21. The predicted molar refractivity (Wildman–Crippen MR) is 82.8 cm³/mol. The second kappa shape index (κ2) is 6.37. The molecule has 3 aromatic rings. The number of nitrogens with zero attached hydrogens (tertiary/aromatic N) is 2. The third kappa shape index (κ3) is 3.34. The van der Waals surface area contributed by atoms with Crippen molar-refractivity contribution in [1.29, 1.82) is 0 Å². The number of carbonyl (C=O) groups excluding carboxylic acids is 1. The Morgan fingerprint density at radius 2 is 1.96 bits per heavy atom. The summed E-state index contributed by atoms with van der Waals surface area (Å²) in [6, 6.07) is 7.18. The van der Waals surface area contributed by atoms with Gasteiger partial charge in [0.25, 0.3) is 11.1 Å². The van der Waals surface area contributed by atoms with Crippen LogP contribution in [0.25, 0.3) is 11.5 Å². The number of furan rings is 1. The first-order chi connectivity index (χ1) is 11.0. The molecule has 1 atom stereocenters. The summed E-state index contributed by atoms with van der Waals surface area (Å²) in [5.41, 5.74) is 1.17. The summed E-state index contributed by atoms with van der Waals surface area (Å²) in [5.74, 6) is 0.522. The lowest BCUT2D eigenvalue weighted by Gasteiger charge is -2.07. The molecule has 0 saturated heterocycles. The second-order valence-corrected chi connectivity index (χ2v) is 6.19. The smallest absolute Gasteiger partial charge is 0.277 e. The van der Waals surface area contributed by atoms with Crippen LogP contribution in [0.4, 0.5) is 4.39 Å². The average Bonchev–Trinajstić information content (AvgIpc) is 3.16. The zero-order chi connectivity index (χ0) is 16.4.